The lowest BCUT2D eigenvalue weighted by Gasteiger charge is -2.30. The molecule has 1 amide bonds. The van der Waals surface area contributed by atoms with Crippen LogP contribution in [0.25, 0.3) is 0 Å². The summed E-state index contributed by atoms with van der Waals surface area (Å²) in [5.74, 6) is -0.563. The maximum Gasteiger partial charge on any atom is 0.412 e. The van der Waals surface area contributed by atoms with Gasteiger partial charge in [-0.05, 0) is 37.6 Å². The predicted octanol–water partition coefficient (Wildman–Crippen LogP) is 2.81. The number of likely N-dealkylation sites (tertiary alicyclic amines) is 1. The summed E-state index contributed by atoms with van der Waals surface area (Å²) in [6.07, 6.45) is -3.31. The smallest absolute Gasteiger partial charge is 0.341 e. The summed E-state index contributed by atoms with van der Waals surface area (Å²) in [7, 11) is 0. The number of benzene rings is 1. The number of carbonyl (C=O) groups excluding carboxylic acids is 1. The Hall–Kier alpha value is -1.56. The Morgan fingerprint density at radius 3 is 2.52 bits per heavy atom. The third-order valence-electron chi connectivity index (χ3n) is 3.74. The second-order valence-corrected chi connectivity index (χ2v) is 5.34. The molecule has 0 unspecified atom stereocenters. The third-order valence-corrected chi connectivity index (χ3v) is 3.74. The number of alkyl halides is 3. The lowest BCUT2D eigenvalue weighted by molar-refractivity contribution is -0.163. The molecule has 1 atom stereocenters. The molecule has 2 rings (SSSR count). The van der Waals surface area contributed by atoms with Crippen molar-refractivity contribution in [2.45, 2.75) is 32.0 Å². The van der Waals surface area contributed by atoms with Crippen LogP contribution in [0.4, 0.5) is 13.2 Å². The highest BCUT2D eigenvalue weighted by Gasteiger charge is 2.42. The normalized spacial score (nSPS) is 17.1. The van der Waals surface area contributed by atoms with E-state index >= 15 is 0 Å². The molecular weight excluding hydrogens is 281 g/mol. The van der Waals surface area contributed by atoms with Crippen LogP contribution in [-0.4, -0.2) is 36.6 Å². The fourth-order valence-electron chi connectivity index (χ4n) is 2.34. The molecule has 116 valence electrons. The molecule has 1 saturated heterocycles. The predicted molar refractivity (Wildman–Crippen MR) is 73.8 cm³/mol. The van der Waals surface area contributed by atoms with E-state index in [-0.39, 0.29) is 12.0 Å². The average Bonchev–Trinajstić information content (AvgIpc) is 2.34. The highest BCUT2D eigenvalue weighted by Crippen LogP contribution is 2.34. The second-order valence-electron chi connectivity index (χ2n) is 5.34. The van der Waals surface area contributed by atoms with Crippen molar-refractivity contribution in [2.24, 2.45) is 0 Å². The average molecular weight is 300 g/mol. The van der Waals surface area contributed by atoms with E-state index in [2.05, 4.69) is 10.2 Å². The molecule has 1 aliphatic rings. The van der Waals surface area contributed by atoms with Gasteiger partial charge in [0, 0.05) is 13.0 Å². The standard InChI is InChI=1S/C15H19F3N2O/c1-11-5-2-3-6-12(11)14(15(16,17)18)19-13(21)7-10-20-8-4-9-20/h2-3,5-6,14H,4,7-10H2,1H3,(H,19,21)/t14-/m0/s1. The molecule has 0 aromatic heterocycles. The molecule has 0 aliphatic carbocycles. The fraction of sp³-hybridized carbons (Fsp3) is 0.533. The first-order valence-electron chi connectivity index (χ1n) is 7.02. The highest BCUT2D eigenvalue weighted by molar-refractivity contribution is 5.76. The summed E-state index contributed by atoms with van der Waals surface area (Å²) in [4.78, 5) is 13.8. The molecule has 1 N–H and O–H groups in total. The minimum atomic E-state index is -4.50. The van der Waals surface area contributed by atoms with Crippen molar-refractivity contribution in [2.75, 3.05) is 19.6 Å². The number of hydrogen-bond acceptors (Lipinski definition) is 2. The first kappa shape index (κ1) is 15.8. The number of carbonyl (C=O) groups is 1. The summed E-state index contributed by atoms with van der Waals surface area (Å²) in [5.41, 5.74) is 0.616. The van der Waals surface area contributed by atoms with Crippen LogP contribution in [0.5, 0.6) is 0 Å². The van der Waals surface area contributed by atoms with Gasteiger partial charge in [-0.15, -0.1) is 0 Å². The Kier molecular flexibility index (Phi) is 4.88. The van der Waals surface area contributed by atoms with E-state index in [0.717, 1.165) is 19.5 Å². The molecule has 21 heavy (non-hydrogen) atoms. The number of hydrogen-bond donors (Lipinski definition) is 1. The van der Waals surface area contributed by atoms with Crippen LogP contribution >= 0.6 is 0 Å². The van der Waals surface area contributed by atoms with E-state index in [1.807, 2.05) is 0 Å². The molecule has 0 spiro atoms. The third kappa shape index (κ3) is 4.20. The molecule has 1 fully saturated rings. The van der Waals surface area contributed by atoms with Gasteiger partial charge in [0.15, 0.2) is 6.04 Å². The number of aryl methyl sites for hydroxylation is 1. The fourth-order valence-corrected chi connectivity index (χ4v) is 2.34. The summed E-state index contributed by atoms with van der Waals surface area (Å²) in [5, 5.41) is 2.13. The van der Waals surface area contributed by atoms with Crippen molar-refractivity contribution in [3.63, 3.8) is 0 Å². The Morgan fingerprint density at radius 2 is 2.00 bits per heavy atom. The van der Waals surface area contributed by atoms with Crippen molar-refractivity contribution >= 4 is 5.91 Å². The molecule has 0 bridgehead atoms. The van der Waals surface area contributed by atoms with Crippen LogP contribution in [-0.2, 0) is 4.79 Å². The van der Waals surface area contributed by atoms with Crippen LogP contribution in [0.2, 0.25) is 0 Å². The maximum absolute atomic E-state index is 13.2. The van der Waals surface area contributed by atoms with Gasteiger partial charge in [0.25, 0.3) is 0 Å². The van der Waals surface area contributed by atoms with Crippen LogP contribution in [0.1, 0.15) is 30.0 Å². The summed E-state index contributed by atoms with van der Waals surface area (Å²) in [6.45, 7) is 3.98. The monoisotopic (exact) mass is 300 g/mol. The summed E-state index contributed by atoms with van der Waals surface area (Å²) < 4.78 is 39.6. The second kappa shape index (κ2) is 6.47. The number of amides is 1. The lowest BCUT2D eigenvalue weighted by atomic mass is 10.0. The van der Waals surface area contributed by atoms with Crippen molar-refractivity contribution < 1.29 is 18.0 Å². The van der Waals surface area contributed by atoms with Gasteiger partial charge in [-0.25, -0.2) is 0 Å². The first-order chi connectivity index (χ1) is 9.88. The van der Waals surface area contributed by atoms with E-state index in [4.69, 9.17) is 0 Å². The van der Waals surface area contributed by atoms with Gasteiger partial charge in [0.05, 0.1) is 0 Å². The van der Waals surface area contributed by atoms with E-state index in [1.54, 1.807) is 25.1 Å². The Bertz CT molecular complexity index is 498. The van der Waals surface area contributed by atoms with Crippen molar-refractivity contribution in [1.82, 2.24) is 10.2 Å². The minimum absolute atomic E-state index is 0.0957. The van der Waals surface area contributed by atoms with Gasteiger partial charge in [-0.1, -0.05) is 24.3 Å². The Morgan fingerprint density at radius 1 is 1.33 bits per heavy atom. The molecule has 1 heterocycles. The zero-order valence-electron chi connectivity index (χ0n) is 11.9. The van der Waals surface area contributed by atoms with E-state index in [1.165, 1.54) is 6.07 Å². The lowest BCUT2D eigenvalue weighted by Crippen LogP contribution is -2.42. The zero-order chi connectivity index (χ0) is 15.5. The van der Waals surface area contributed by atoms with Crippen molar-refractivity contribution in [3.8, 4) is 0 Å². The molecular formula is C15H19F3N2O. The quantitative estimate of drug-likeness (QED) is 0.907. The topological polar surface area (TPSA) is 32.3 Å². The Balaban J connectivity index is 2.03. The molecule has 6 heteroatoms. The number of nitrogens with one attached hydrogen (secondary N) is 1. The molecule has 1 aliphatic heterocycles. The molecule has 1 aromatic rings. The number of nitrogens with zero attached hydrogens (tertiary/aromatic N) is 1. The van der Waals surface area contributed by atoms with Crippen LogP contribution in [0, 0.1) is 6.92 Å². The summed E-state index contributed by atoms with van der Waals surface area (Å²) >= 11 is 0. The van der Waals surface area contributed by atoms with Gasteiger partial charge < -0.3 is 10.2 Å². The highest BCUT2D eigenvalue weighted by atomic mass is 19.4. The SMILES string of the molecule is Cc1ccccc1[C@H](NC(=O)CCN1CCC1)C(F)(F)F. The van der Waals surface area contributed by atoms with E-state index < -0.39 is 18.1 Å². The van der Waals surface area contributed by atoms with Gasteiger partial charge >= 0.3 is 6.18 Å². The van der Waals surface area contributed by atoms with Crippen molar-refractivity contribution in [3.05, 3.63) is 35.4 Å². The van der Waals surface area contributed by atoms with Crippen LogP contribution in [0.15, 0.2) is 24.3 Å². The van der Waals surface area contributed by atoms with E-state index in [9.17, 15) is 18.0 Å². The van der Waals surface area contributed by atoms with Crippen molar-refractivity contribution in [1.29, 1.82) is 0 Å². The van der Waals surface area contributed by atoms with Crippen LogP contribution in [0.3, 0.4) is 0 Å². The van der Waals surface area contributed by atoms with Gasteiger partial charge in [0.2, 0.25) is 5.91 Å². The first-order valence-corrected chi connectivity index (χ1v) is 7.02. The molecule has 0 radical (unpaired) electrons. The van der Waals surface area contributed by atoms with Gasteiger partial charge in [-0.3, -0.25) is 4.79 Å². The summed E-state index contributed by atoms with van der Waals surface area (Å²) in [6, 6.07) is 4.30. The largest absolute Gasteiger partial charge is 0.412 e. The van der Waals surface area contributed by atoms with Gasteiger partial charge in [0.1, 0.15) is 0 Å². The van der Waals surface area contributed by atoms with Crippen LogP contribution < -0.4 is 5.32 Å². The number of rotatable bonds is 5. The molecule has 3 nitrogen and oxygen atoms in total. The number of halogens is 3. The molecule has 1 aromatic carbocycles. The van der Waals surface area contributed by atoms with Gasteiger partial charge in [-0.2, -0.15) is 13.2 Å². The van der Waals surface area contributed by atoms with E-state index in [0.29, 0.717) is 12.1 Å². The minimum Gasteiger partial charge on any atom is -0.341 e. The zero-order valence-corrected chi connectivity index (χ0v) is 11.9. The molecule has 0 saturated carbocycles. The maximum atomic E-state index is 13.2. The Labute approximate surface area is 122 Å².